The smallest absolute Gasteiger partial charge is 0.0620 e. The molecule has 2 rings (SSSR count). The van der Waals surface area contributed by atoms with Crippen LogP contribution in [0.2, 0.25) is 0 Å². The summed E-state index contributed by atoms with van der Waals surface area (Å²) in [4.78, 5) is 0. The molecule has 0 radical (unpaired) electrons. The Morgan fingerprint density at radius 3 is 3.31 bits per heavy atom. The Morgan fingerprint density at radius 1 is 1.69 bits per heavy atom. The van der Waals surface area contributed by atoms with Crippen molar-refractivity contribution >= 4 is 0 Å². The molecule has 0 bridgehead atoms. The molecule has 2 unspecified atom stereocenters. The van der Waals surface area contributed by atoms with Crippen molar-refractivity contribution < 1.29 is 4.74 Å². The average Bonchev–Trinajstić information content (AvgIpc) is 2.81. The predicted molar refractivity (Wildman–Crippen MR) is 62.1 cm³/mol. The molecular formula is C11H20N4O. The van der Waals surface area contributed by atoms with Crippen LogP contribution >= 0.6 is 0 Å². The zero-order chi connectivity index (χ0) is 11.2. The predicted octanol–water partition coefficient (Wildman–Crippen LogP) is 0.266. The highest BCUT2D eigenvalue weighted by Gasteiger charge is 2.15. The maximum absolute atomic E-state index is 5.43. The van der Waals surface area contributed by atoms with E-state index in [1.54, 1.807) is 6.20 Å². The second-order valence-corrected chi connectivity index (χ2v) is 4.33. The summed E-state index contributed by atoms with van der Waals surface area (Å²) in [6.45, 7) is 5.68. The van der Waals surface area contributed by atoms with Crippen molar-refractivity contribution in [2.24, 2.45) is 0 Å². The lowest BCUT2D eigenvalue weighted by atomic mass is 10.1. The van der Waals surface area contributed by atoms with E-state index >= 15 is 0 Å². The van der Waals surface area contributed by atoms with Crippen molar-refractivity contribution in [3.63, 3.8) is 0 Å². The van der Waals surface area contributed by atoms with E-state index in [0.29, 0.717) is 12.1 Å². The standard InChI is InChI=1S/C11H20N4O/c1-9(6-11-8-16-5-4-12-11)13-7-10-2-3-14-15-10/h2-3,9,11-13H,4-8H2,1H3,(H,14,15). The van der Waals surface area contributed by atoms with E-state index in [0.717, 1.165) is 38.4 Å². The van der Waals surface area contributed by atoms with E-state index in [-0.39, 0.29) is 0 Å². The first-order valence-electron chi connectivity index (χ1n) is 5.87. The van der Waals surface area contributed by atoms with Crippen LogP contribution in [0.4, 0.5) is 0 Å². The fourth-order valence-corrected chi connectivity index (χ4v) is 1.95. The Bertz CT molecular complexity index is 282. The molecule has 0 aliphatic carbocycles. The Morgan fingerprint density at radius 2 is 2.62 bits per heavy atom. The summed E-state index contributed by atoms with van der Waals surface area (Å²) >= 11 is 0. The number of hydrogen-bond acceptors (Lipinski definition) is 4. The zero-order valence-electron chi connectivity index (χ0n) is 9.70. The molecule has 1 aliphatic rings. The molecule has 90 valence electrons. The molecule has 1 aromatic heterocycles. The molecule has 0 amide bonds. The number of H-pyrrole nitrogens is 1. The highest BCUT2D eigenvalue weighted by molar-refractivity contribution is 4.96. The fourth-order valence-electron chi connectivity index (χ4n) is 1.95. The Hall–Kier alpha value is -0.910. The molecule has 2 heterocycles. The molecule has 0 saturated carbocycles. The molecular weight excluding hydrogens is 204 g/mol. The summed E-state index contributed by atoms with van der Waals surface area (Å²) < 4.78 is 5.43. The van der Waals surface area contributed by atoms with E-state index in [1.165, 1.54) is 0 Å². The first-order chi connectivity index (χ1) is 7.84. The van der Waals surface area contributed by atoms with Crippen molar-refractivity contribution in [1.82, 2.24) is 20.8 Å². The maximum Gasteiger partial charge on any atom is 0.0620 e. The van der Waals surface area contributed by atoms with Gasteiger partial charge in [-0.3, -0.25) is 5.10 Å². The Labute approximate surface area is 96.0 Å². The average molecular weight is 224 g/mol. The van der Waals surface area contributed by atoms with Crippen molar-refractivity contribution in [3.05, 3.63) is 18.0 Å². The summed E-state index contributed by atoms with van der Waals surface area (Å²) in [6, 6.07) is 2.95. The van der Waals surface area contributed by atoms with Gasteiger partial charge in [0.25, 0.3) is 0 Å². The minimum absolute atomic E-state index is 0.475. The van der Waals surface area contributed by atoms with E-state index < -0.39 is 0 Å². The summed E-state index contributed by atoms with van der Waals surface area (Å²) in [5.74, 6) is 0. The molecule has 0 spiro atoms. The summed E-state index contributed by atoms with van der Waals surface area (Å²) in [5, 5.41) is 13.8. The first-order valence-corrected chi connectivity index (χ1v) is 5.87. The van der Waals surface area contributed by atoms with E-state index in [1.807, 2.05) is 6.07 Å². The van der Waals surface area contributed by atoms with Crippen molar-refractivity contribution in [3.8, 4) is 0 Å². The number of ether oxygens (including phenoxy) is 1. The van der Waals surface area contributed by atoms with Crippen LogP contribution in [-0.4, -0.2) is 42.0 Å². The number of hydrogen-bond donors (Lipinski definition) is 3. The number of aromatic nitrogens is 2. The third-order valence-electron chi connectivity index (χ3n) is 2.84. The molecule has 1 aromatic rings. The molecule has 5 heteroatoms. The molecule has 1 saturated heterocycles. The minimum atomic E-state index is 0.475. The second-order valence-electron chi connectivity index (χ2n) is 4.33. The van der Waals surface area contributed by atoms with Gasteiger partial charge in [-0.15, -0.1) is 0 Å². The third kappa shape index (κ3) is 3.59. The lowest BCUT2D eigenvalue weighted by molar-refractivity contribution is 0.0712. The Balaban J connectivity index is 1.65. The number of aromatic amines is 1. The number of nitrogens with one attached hydrogen (secondary N) is 3. The highest BCUT2D eigenvalue weighted by Crippen LogP contribution is 2.03. The van der Waals surface area contributed by atoms with Crippen LogP contribution in [0.25, 0.3) is 0 Å². The quantitative estimate of drug-likeness (QED) is 0.671. The molecule has 0 aromatic carbocycles. The fraction of sp³-hybridized carbons (Fsp3) is 0.727. The first kappa shape index (κ1) is 11.6. The van der Waals surface area contributed by atoms with Gasteiger partial charge in [0.15, 0.2) is 0 Å². The monoisotopic (exact) mass is 224 g/mol. The van der Waals surface area contributed by atoms with Gasteiger partial charge in [-0.1, -0.05) is 0 Å². The van der Waals surface area contributed by atoms with Gasteiger partial charge in [0, 0.05) is 37.1 Å². The topological polar surface area (TPSA) is 62.0 Å². The zero-order valence-corrected chi connectivity index (χ0v) is 9.70. The van der Waals surface area contributed by atoms with Gasteiger partial charge in [-0.05, 0) is 19.4 Å². The largest absolute Gasteiger partial charge is 0.379 e. The lowest BCUT2D eigenvalue weighted by Crippen LogP contribution is -2.44. The van der Waals surface area contributed by atoms with E-state index in [4.69, 9.17) is 4.74 Å². The van der Waals surface area contributed by atoms with Crippen LogP contribution in [-0.2, 0) is 11.3 Å². The Kier molecular flexibility index (Phi) is 4.33. The highest BCUT2D eigenvalue weighted by atomic mass is 16.5. The summed E-state index contributed by atoms with van der Waals surface area (Å²) in [6.07, 6.45) is 2.87. The molecule has 16 heavy (non-hydrogen) atoms. The molecule has 5 nitrogen and oxygen atoms in total. The van der Waals surface area contributed by atoms with Crippen LogP contribution in [0.15, 0.2) is 12.3 Å². The van der Waals surface area contributed by atoms with Crippen LogP contribution in [0.5, 0.6) is 0 Å². The van der Waals surface area contributed by atoms with Crippen molar-refractivity contribution in [2.75, 3.05) is 19.8 Å². The minimum Gasteiger partial charge on any atom is -0.379 e. The van der Waals surface area contributed by atoms with Crippen molar-refractivity contribution in [2.45, 2.75) is 32.0 Å². The van der Waals surface area contributed by atoms with E-state index in [2.05, 4.69) is 27.8 Å². The SMILES string of the molecule is CC(CC1COCCN1)NCc1ccn[nH]1. The lowest BCUT2D eigenvalue weighted by Gasteiger charge is -2.26. The number of morpholine rings is 1. The van der Waals surface area contributed by atoms with Crippen LogP contribution < -0.4 is 10.6 Å². The van der Waals surface area contributed by atoms with E-state index in [9.17, 15) is 0 Å². The number of nitrogens with zero attached hydrogens (tertiary/aromatic N) is 1. The summed E-state index contributed by atoms with van der Waals surface area (Å²) in [7, 11) is 0. The third-order valence-corrected chi connectivity index (χ3v) is 2.84. The number of rotatable bonds is 5. The second kappa shape index (κ2) is 5.98. The van der Waals surface area contributed by atoms with Crippen molar-refractivity contribution in [1.29, 1.82) is 0 Å². The van der Waals surface area contributed by atoms with Gasteiger partial charge < -0.3 is 15.4 Å². The van der Waals surface area contributed by atoms with Gasteiger partial charge in [0.05, 0.1) is 13.2 Å². The van der Waals surface area contributed by atoms with Gasteiger partial charge in [-0.25, -0.2) is 0 Å². The van der Waals surface area contributed by atoms with Gasteiger partial charge in [0.1, 0.15) is 0 Å². The van der Waals surface area contributed by atoms with Crippen LogP contribution in [0, 0.1) is 0 Å². The normalized spacial score (nSPS) is 23.2. The molecule has 1 aliphatic heterocycles. The van der Waals surface area contributed by atoms with Gasteiger partial charge in [0.2, 0.25) is 0 Å². The van der Waals surface area contributed by atoms with Gasteiger partial charge in [-0.2, -0.15) is 5.10 Å². The molecule has 3 N–H and O–H groups in total. The van der Waals surface area contributed by atoms with Gasteiger partial charge >= 0.3 is 0 Å². The maximum atomic E-state index is 5.43. The molecule has 1 fully saturated rings. The van der Waals surface area contributed by atoms with Crippen LogP contribution in [0.3, 0.4) is 0 Å². The van der Waals surface area contributed by atoms with Crippen LogP contribution in [0.1, 0.15) is 19.0 Å². The summed E-state index contributed by atoms with van der Waals surface area (Å²) in [5.41, 5.74) is 1.12. The molecule has 2 atom stereocenters.